The van der Waals surface area contributed by atoms with E-state index < -0.39 is 24.0 Å². The van der Waals surface area contributed by atoms with Crippen molar-refractivity contribution < 1.29 is 17.6 Å². The summed E-state index contributed by atoms with van der Waals surface area (Å²) in [7, 11) is 0. The summed E-state index contributed by atoms with van der Waals surface area (Å²) in [6.45, 7) is 2.53. The smallest absolute Gasteiger partial charge is 0.134 e. The van der Waals surface area contributed by atoms with Crippen LogP contribution in [-0.2, 0) is 0 Å². The fourth-order valence-electron chi connectivity index (χ4n) is 2.13. The molecule has 96 valence electrons. The van der Waals surface area contributed by atoms with E-state index in [2.05, 4.69) is 0 Å². The Kier molecular flexibility index (Phi) is 3.28. The molecule has 0 saturated heterocycles. The molecule has 0 aliphatic carbocycles. The van der Waals surface area contributed by atoms with E-state index in [4.69, 9.17) is 0 Å². The van der Waals surface area contributed by atoms with Gasteiger partial charge in [-0.05, 0) is 36.4 Å². The Bertz CT molecular complexity index is 588. The van der Waals surface area contributed by atoms with Crippen LogP contribution in [0.2, 0.25) is 0 Å². The van der Waals surface area contributed by atoms with Crippen molar-refractivity contribution in [2.45, 2.75) is 26.2 Å². The summed E-state index contributed by atoms with van der Waals surface area (Å²) in [6.07, 6.45) is -2.78. The summed E-state index contributed by atoms with van der Waals surface area (Å²) in [5.74, 6) is -1.67. The van der Waals surface area contributed by atoms with Gasteiger partial charge < -0.3 is 0 Å². The highest BCUT2D eigenvalue weighted by Crippen LogP contribution is 2.34. The van der Waals surface area contributed by atoms with Crippen molar-refractivity contribution in [3.63, 3.8) is 0 Å². The molecule has 2 rings (SSSR count). The third kappa shape index (κ3) is 2.07. The van der Waals surface area contributed by atoms with Gasteiger partial charge in [-0.15, -0.1) is 0 Å². The zero-order chi connectivity index (χ0) is 13.4. The lowest BCUT2D eigenvalue weighted by atomic mass is 9.95. The zero-order valence-electron chi connectivity index (χ0n) is 9.98. The lowest BCUT2D eigenvalue weighted by Crippen LogP contribution is -1.97. The second kappa shape index (κ2) is 4.59. The molecule has 0 heterocycles. The van der Waals surface area contributed by atoms with E-state index in [-0.39, 0.29) is 21.9 Å². The number of hydrogen-bond donors (Lipinski definition) is 0. The highest BCUT2D eigenvalue weighted by molar-refractivity contribution is 5.90. The maximum absolute atomic E-state index is 13.8. The van der Waals surface area contributed by atoms with E-state index in [1.54, 1.807) is 0 Å². The topological polar surface area (TPSA) is 0 Å². The molecule has 0 nitrogen and oxygen atoms in total. The van der Waals surface area contributed by atoms with Crippen molar-refractivity contribution in [2.24, 2.45) is 0 Å². The Morgan fingerprint density at radius 2 is 1.44 bits per heavy atom. The van der Waals surface area contributed by atoms with Crippen LogP contribution in [0.5, 0.6) is 0 Å². The van der Waals surface area contributed by atoms with Crippen LogP contribution < -0.4 is 0 Å². The molecule has 0 saturated carbocycles. The van der Waals surface area contributed by atoms with E-state index >= 15 is 0 Å². The minimum Gasteiger partial charge on any atom is -0.243 e. The maximum Gasteiger partial charge on any atom is 0.134 e. The van der Waals surface area contributed by atoms with Crippen LogP contribution in [0.4, 0.5) is 17.6 Å². The Labute approximate surface area is 102 Å². The molecule has 0 aliphatic heterocycles. The Hall–Kier alpha value is -1.58. The van der Waals surface area contributed by atoms with Crippen LogP contribution in [0.3, 0.4) is 0 Å². The minimum atomic E-state index is -1.41. The average molecular weight is 256 g/mol. The van der Waals surface area contributed by atoms with Crippen molar-refractivity contribution in [1.82, 2.24) is 0 Å². The van der Waals surface area contributed by atoms with Gasteiger partial charge in [0.1, 0.15) is 24.0 Å². The second-order valence-electron chi connectivity index (χ2n) is 4.29. The van der Waals surface area contributed by atoms with Crippen molar-refractivity contribution >= 4 is 10.8 Å². The van der Waals surface area contributed by atoms with E-state index in [0.717, 1.165) is 6.07 Å². The third-order valence-electron chi connectivity index (χ3n) is 2.95. The summed E-state index contributed by atoms with van der Waals surface area (Å²) in [5, 5.41) is 0.0397. The van der Waals surface area contributed by atoms with Crippen molar-refractivity contribution in [3.8, 4) is 0 Å². The molecule has 4 heteroatoms. The fourth-order valence-corrected chi connectivity index (χ4v) is 2.13. The van der Waals surface area contributed by atoms with E-state index in [1.165, 1.54) is 26.0 Å². The second-order valence-corrected chi connectivity index (χ2v) is 4.29. The molecule has 0 aliphatic rings. The SMILES string of the molecule is CC(F)c1ccc(C(C)F)c2c(F)cc(F)cc12. The molecule has 0 fully saturated rings. The first-order valence-electron chi connectivity index (χ1n) is 5.61. The Morgan fingerprint density at radius 3 is 2.00 bits per heavy atom. The number of fused-ring (bicyclic) bond motifs is 1. The third-order valence-corrected chi connectivity index (χ3v) is 2.95. The number of halogens is 4. The molecule has 2 atom stereocenters. The Morgan fingerprint density at radius 1 is 0.889 bits per heavy atom. The number of rotatable bonds is 2. The van der Waals surface area contributed by atoms with Gasteiger partial charge in [0.25, 0.3) is 0 Å². The summed E-state index contributed by atoms with van der Waals surface area (Å²) in [6, 6.07) is 4.44. The molecule has 0 radical (unpaired) electrons. The number of hydrogen-bond acceptors (Lipinski definition) is 0. The van der Waals surface area contributed by atoms with Crippen LogP contribution in [0, 0.1) is 11.6 Å². The van der Waals surface area contributed by atoms with Crippen molar-refractivity contribution in [3.05, 3.63) is 47.0 Å². The van der Waals surface area contributed by atoms with Crippen molar-refractivity contribution in [1.29, 1.82) is 0 Å². The van der Waals surface area contributed by atoms with Gasteiger partial charge in [-0.1, -0.05) is 12.1 Å². The van der Waals surface area contributed by atoms with Gasteiger partial charge in [-0.25, -0.2) is 17.6 Å². The van der Waals surface area contributed by atoms with Crippen LogP contribution in [0.15, 0.2) is 24.3 Å². The normalized spacial score (nSPS) is 14.8. The largest absolute Gasteiger partial charge is 0.243 e. The van der Waals surface area contributed by atoms with E-state index in [1.807, 2.05) is 0 Å². The van der Waals surface area contributed by atoms with Crippen LogP contribution in [-0.4, -0.2) is 0 Å². The minimum absolute atomic E-state index is 0.0478. The monoisotopic (exact) mass is 256 g/mol. The molecule has 0 spiro atoms. The van der Waals surface area contributed by atoms with Crippen LogP contribution >= 0.6 is 0 Å². The summed E-state index contributed by atoms with van der Waals surface area (Å²) >= 11 is 0. The lowest BCUT2D eigenvalue weighted by Gasteiger charge is -2.13. The van der Waals surface area contributed by atoms with Crippen LogP contribution in [0.25, 0.3) is 10.8 Å². The molecular formula is C14H12F4. The molecule has 2 unspecified atom stereocenters. The van der Waals surface area contributed by atoms with Gasteiger partial charge in [0.2, 0.25) is 0 Å². The maximum atomic E-state index is 13.8. The summed E-state index contributed by atoms with van der Waals surface area (Å²) in [4.78, 5) is 0. The summed E-state index contributed by atoms with van der Waals surface area (Å²) < 4.78 is 53.8. The Balaban J connectivity index is 2.91. The number of benzene rings is 2. The van der Waals surface area contributed by atoms with Gasteiger partial charge in [0.15, 0.2) is 0 Å². The molecule has 18 heavy (non-hydrogen) atoms. The first kappa shape index (κ1) is 12.9. The lowest BCUT2D eigenvalue weighted by molar-refractivity contribution is 0.371. The molecular weight excluding hydrogens is 244 g/mol. The van der Waals surface area contributed by atoms with E-state index in [9.17, 15) is 17.6 Å². The van der Waals surface area contributed by atoms with Gasteiger partial charge in [0, 0.05) is 11.5 Å². The number of alkyl halides is 2. The summed E-state index contributed by atoms with van der Waals surface area (Å²) in [5.41, 5.74) is 0.264. The predicted octanol–water partition coefficient (Wildman–Crippen LogP) is 5.18. The standard InChI is InChI=1S/C14H12F4/c1-7(15)10-3-4-11(8(2)16)14-12(10)5-9(17)6-13(14)18/h3-8H,1-2H3. The van der Waals surface area contributed by atoms with Gasteiger partial charge in [-0.2, -0.15) is 0 Å². The fraction of sp³-hybridized carbons (Fsp3) is 0.286. The van der Waals surface area contributed by atoms with Gasteiger partial charge >= 0.3 is 0 Å². The van der Waals surface area contributed by atoms with E-state index in [0.29, 0.717) is 6.07 Å². The predicted molar refractivity (Wildman–Crippen MR) is 62.9 cm³/mol. The first-order chi connectivity index (χ1) is 8.41. The first-order valence-corrected chi connectivity index (χ1v) is 5.61. The highest BCUT2D eigenvalue weighted by atomic mass is 19.1. The molecule has 0 aromatic heterocycles. The molecule has 2 aromatic carbocycles. The highest BCUT2D eigenvalue weighted by Gasteiger charge is 2.18. The van der Waals surface area contributed by atoms with Gasteiger partial charge in [-0.3, -0.25) is 0 Å². The molecule has 0 N–H and O–H groups in total. The van der Waals surface area contributed by atoms with Crippen molar-refractivity contribution in [2.75, 3.05) is 0 Å². The van der Waals surface area contributed by atoms with Crippen LogP contribution in [0.1, 0.15) is 37.3 Å². The average Bonchev–Trinajstić information content (AvgIpc) is 2.26. The van der Waals surface area contributed by atoms with Gasteiger partial charge in [0.05, 0.1) is 0 Å². The quantitative estimate of drug-likeness (QED) is 0.649. The molecule has 0 bridgehead atoms. The molecule has 2 aromatic rings. The zero-order valence-corrected chi connectivity index (χ0v) is 9.98. The molecule has 0 amide bonds.